The highest BCUT2D eigenvalue weighted by atomic mass is 14.3. The van der Waals surface area contributed by atoms with E-state index in [9.17, 15) is 0 Å². The average molecular weight is 238 g/mol. The van der Waals surface area contributed by atoms with E-state index in [1.165, 1.54) is 22.3 Å². The van der Waals surface area contributed by atoms with Gasteiger partial charge in [0, 0.05) is 5.41 Å². The predicted molar refractivity (Wildman–Crippen MR) is 79.8 cm³/mol. The maximum absolute atomic E-state index is 2.31. The molecule has 0 heteroatoms. The lowest BCUT2D eigenvalue weighted by molar-refractivity contribution is 0.610. The van der Waals surface area contributed by atoms with Crippen molar-refractivity contribution in [3.63, 3.8) is 0 Å². The summed E-state index contributed by atoms with van der Waals surface area (Å²) < 4.78 is 0. The molecule has 0 spiro atoms. The smallest absolute Gasteiger partial charge is 0.0111 e. The first-order chi connectivity index (χ1) is 8.50. The zero-order valence-corrected chi connectivity index (χ0v) is 11.8. The molecular formula is C18H22. The lowest BCUT2D eigenvalue weighted by atomic mass is 9.76. The van der Waals surface area contributed by atoms with Gasteiger partial charge < -0.3 is 0 Å². The molecule has 0 aromatic heterocycles. The SMILES string of the molecule is CC1=CC=C(C(C)(C)c2ccc(C)cc2)CC=C1. The third kappa shape index (κ3) is 2.64. The molecule has 2 rings (SSSR count). The van der Waals surface area contributed by atoms with E-state index in [1.807, 2.05) is 0 Å². The van der Waals surface area contributed by atoms with Crippen LogP contribution in [-0.2, 0) is 5.41 Å². The lowest BCUT2D eigenvalue weighted by Crippen LogP contribution is -2.20. The molecule has 18 heavy (non-hydrogen) atoms. The van der Waals surface area contributed by atoms with Crippen molar-refractivity contribution in [2.45, 2.75) is 39.5 Å². The summed E-state index contributed by atoms with van der Waals surface area (Å²) >= 11 is 0. The molecule has 0 N–H and O–H groups in total. The molecule has 0 saturated carbocycles. The first-order valence-electron chi connectivity index (χ1n) is 6.62. The fraction of sp³-hybridized carbons (Fsp3) is 0.333. The first-order valence-corrected chi connectivity index (χ1v) is 6.62. The van der Waals surface area contributed by atoms with Crippen molar-refractivity contribution in [3.05, 3.63) is 70.8 Å². The van der Waals surface area contributed by atoms with Crippen LogP contribution in [0.3, 0.4) is 0 Å². The molecule has 0 bridgehead atoms. The second-order valence-electron chi connectivity index (χ2n) is 5.70. The zero-order chi connectivity index (χ0) is 13.2. The molecule has 1 aromatic carbocycles. The molecule has 0 radical (unpaired) electrons. The fourth-order valence-electron chi connectivity index (χ4n) is 2.35. The second kappa shape index (κ2) is 4.97. The number of allylic oxidation sites excluding steroid dienone is 6. The molecule has 1 aliphatic carbocycles. The number of benzene rings is 1. The molecule has 0 saturated heterocycles. The van der Waals surface area contributed by atoms with Crippen molar-refractivity contribution in [2.75, 3.05) is 0 Å². The molecule has 0 atom stereocenters. The quantitative estimate of drug-likeness (QED) is 0.672. The van der Waals surface area contributed by atoms with Gasteiger partial charge >= 0.3 is 0 Å². The molecule has 0 amide bonds. The van der Waals surface area contributed by atoms with Gasteiger partial charge in [0.05, 0.1) is 0 Å². The number of aryl methyl sites for hydroxylation is 1. The van der Waals surface area contributed by atoms with E-state index < -0.39 is 0 Å². The summed E-state index contributed by atoms with van der Waals surface area (Å²) in [4.78, 5) is 0. The van der Waals surface area contributed by atoms with Gasteiger partial charge in [0.1, 0.15) is 0 Å². The standard InChI is InChI=1S/C18H22/c1-14-6-5-7-16(11-8-14)18(3,4)17-12-9-15(2)10-13-17/h5-6,8-13H,7H2,1-4H3. The van der Waals surface area contributed by atoms with Crippen LogP contribution in [0.25, 0.3) is 0 Å². The van der Waals surface area contributed by atoms with Crippen LogP contribution in [0, 0.1) is 6.92 Å². The highest BCUT2D eigenvalue weighted by Crippen LogP contribution is 2.34. The molecule has 0 unspecified atom stereocenters. The summed E-state index contributed by atoms with van der Waals surface area (Å²) in [7, 11) is 0. The molecule has 0 fully saturated rings. The fourth-order valence-corrected chi connectivity index (χ4v) is 2.35. The van der Waals surface area contributed by atoms with Gasteiger partial charge in [0.25, 0.3) is 0 Å². The Morgan fingerprint density at radius 2 is 1.61 bits per heavy atom. The molecular weight excluding hydrogens is 216 g/mol. The minimum Gasteiger partial charge on any atom is -0.0802 e. The van der Waals surface area contributed by atoms with E-state index >= 15 is 0 Å². The summed E-state index contributed by atoms with van der Waals surface area (Å²) in [6, 6.07) is 8.90. The zero-order valence-electron chi connectivity index (χ0n) is 11.8. The topological polar surface area (TPSA) is 0 Å². The molecule has 1 aliphatic rings. The minimum absolute atomic E-state index is 0.0964. The van der Waals surface area contributed by atoms with Crippen LogP contribution in [0.15, 0.2) is 59.7 Å². The Kier molecular flexibility index (Phi) is 3.56. The van der Waals surface area contributed by atoms with Crippen molar-refractivity contribution >= 4 is 0 Å². The third-order valence-corrected chi connectivity index (χ3v) is 3.84. The normalized spacial score (nSPS) is 16.0. The van der Waals surface area contributed by atoms with Crippen LogP contribution in [0.2, 0.25) is 0 Å². The average Bonchev–Trinajstić information content (AvgIpc) is 2.55. The maximum atomic E-state index is 2.31. The third-order valence-electron chi connectivity index (χ3n) is 3.84. The van der Waals surface area contributed by atoms with Crippen molar-refractivity contribution in [2.24, 2.45) is 0 Å². The van der Waals surface area contributed by atoms with E-state index in [-0.39, 0.29) is 5.41 Å². The Hall–Kier alpha value is -1.56. The Morgan fingerprint density at radius 1 is 0.944 bits per heavy atom. The van der Waals surface area contributed by atoms with E-state index in [2.05, 4.69) is 76.3 Å². The van der Waals surface area contributed by atoms with Crippen LogP contribution in [0.1, 0.15) is 38.3 Å². The van der Waals surface area contributed by atoms with Gasteiger partial charge in [-0.05, 0) is 25.8 Å². The molecule has 0 nitrogen and oxygen atoms in total. The van der Waals surface area contributed by atoms with Crippen LogP contribution < -0.4 is 0 Å². The van der Waals surface area contributed by atoms with E-state index in [4.69, 9.17) is 0 Å². The minimum atomic E-state index is 0.0964. The summed E-state index contributed by atoms with van der Waals surface area (Å²) in [6.45, 7) is 8.91. The molecule has 94 valence electrons. The van der Waals surface area contributed by atoms with Crippen LogP contribution in [-0.4, -0.2) is 0 Å². The number of hydrogen-bond donors (Lipinski definition) is 0. The molecule has 0 aliphatic heterocycles. The van der Waals surface area contributed by atoms with Crippen molar-refractivity contribution in [3.8, 4) is 0 Å². The van der Waals surface area contributed by atoms with Gasteiger partial charge in [-0.2, -0.15) is 0 Å². The van der Waals surface area contributed by atoms with Crippen LogP contribution in [0.4, 0.5) is 0 Å². The van der Waals surface area contributed by atoms with Gasteiger partial charge in [0.15, 0.2) is 0 Å². The molecule has 0 heterocycles. The summed E-state index contributed by atoms with van der Waals surface area (Å²) in [5.74, 6) is 0. The summed E-state index contributed by atoms with van der Waals surface area (Å²) in [5, 5.41) is 0. The lowest BCUT2D eigenvalue weighted by Gasteiger charge is -2.28. The number of hydrogen-bond acceptors (Lipinski definition) is 0. The van der Waals surface area contributed by atoms with E-state index in [0.29, 0.717) is 0 Å². The van der Waals surface area contributed by atoms with Gasteiger partial charge in [-0.3, -0.25) is 0 Å². The molecule has 1 aromatic rings. The van der Waals surface area contributed by atoms with Crippen molar-refractivity contribution in [1.29, 1.82) is 0 Å². The van der Waals surface area contributed by atoms with Crippen molar-refractivity contribution < 1.29 is 0 Å². The van der Waals surface area contributed by atoms with Gasteiger partial charge in [-0.25, -0.2) is 0 Å². The predicted octanol–water partition coefficient (Wildman–Crippen LogP) is 5.11. The highest BCUT2D eigenvalue weighted by molar-refractivity contribution is 5.41. The van der Waals surface area contributed by atoms with Gasteiger partial charge in [-0.15, -0.1) is 0 Å². The van der Waals surface area contributed by atoms with Crippen LogP contribution in [0.5, 0.6) is 0 Å². The Bertz CT molecular complexity index is 507. The Morgan fingerprint density at radius 3 is 2.28 bits per heavy atom. The first kappa shape index (κ1) is 12.9. The Labute approximate surface area is 111 Å². The summed E-state index contributed by atoms with van der Waals surface area (Å²) in [6.07, 6.45) is 10.0. The van der Waals surface area contributed by atoms with Crippen molar-refractivity contribution in [1.82, 2.24) is 0 Å². The maximum Gasteiger partial charge on any atom is 0.0111 e. The van der Waals surface area contributed by atoms with Crippen LogP contribution >= 0.6 is 0 Å². The number of rotatable bonds is 2. The van der Waals surface area contributed by atoms with Gasteiger partial charge in [-0.1, -0.05) is 79.1 Å². The van der Waals surface area contributed by atoms with E-state index in [0.717, 1.165) is 6.42 Å². The highest BCUT2D eigenvalue weighted by Gasteiger charge is 2.24. The summed E-state index contributed by atoms with van der Waals surface area (Å²) in [5.41, 5.74) is 5.60. The van der Waals surface area contributed by atoms with Gasteiger partial charge in [0.2, 0.25) is 0 Å². The van der Waals surface area contributed by atoms with E-state index in [1.54, 1.807) is 0 Å². The Balaban J connectivity index is 2.36. The monoisotopic (exact) mass is 238 g/mol. The second-order valence-corrected chi connectivity index (χ2v) is 5.70. The largest absolute Gasteiger partial charge is 0.0802 e.